The van der Waals surface area contributed by atoms with Gasteiger partial charge in [0.2, 0.25) is 12.2 Å². The van der Waals surface area contributed by atoms with E-state index in [9.17, 15) is 24.5 Å². The Labute approximate surface area is 191 Å². The Morgan fingerprint density at radius 2 is 1.94 bits per heavy atom. The number of aliphatic hydroxyl groups is 2. The van der Waals surface area contributed by atoms with Crippen LogP contribution in [0.3, 0.4) is 0 Å². The van der Waals surface area contributed by atoms with Gasteiger partial charge >= 0.3 is 0 Å². The van der Waals surface area contributed by atoms with Crippen LogP contribution >= 0.6 is 0 Å². The zero-order valence-corrected chi connectivity index (χ0v) is 19.0. The first kappa shape index (κ1) is 24.9. The van der Waals surface area contributed by atoms with Crippen molar-refractivity contribution in [2.24, 2.45) is 0 Å². The summed E-state index contributed by atoms with van der Waals surface area (Å²) in [5, 5.41) is 34.3. The number of aliphatic hydroxyl groups excluding tert-OH is 2. The van der Waals surface area contributed by atoms with Crippen LogP contribution in [-0.4, -0.2) is 65.1 Å². The number of phenols is 1. The lowest BCUT2D eigenvalue weighted by atomic mass is 9.89. The summed E-state index contributed by atoms with van der Waals surface area (Å²) < 4.78 is 30.8. The van der Waals surface area contributed by atoms with E-state index in [-0.39, 0.29) is 17.4 Å². The fourth-order valence-electron chi connectivity index (χ4n) is 4.04. The molecule has 1 saturated heterocycles. The van der Waals surface area contributed by atoms with E-state index in [2.05, 4.69) is 5.32 Å². The van der Waals surface area contributed by atoms with Gasteiger partial charge in [0.05, 0.1) is 5.60 Å². The summed E-state index contributed by atoms with van der Waals surface area (Å²) in [5.74, 6) is -0.867. The van der Waals surface area contributed by atoms with Gasteiger partial charge in [0.1, 0.15) is 24.1 Å². The Morgan fingerprint density at radius 3 is 2.58 bits per heavy atom. The lowest BCUT2D eigenvalue weighted by Gasteiger charge is -2.46. The minimum absolute atomic E-state index is 0.0135. The predicted octanol–water partition coefficient (Wildman–Crippen LogP) is 2.13. The van der Waals surface area contributed by atoms with Crippen LogP contribution in [0.5, 0.6) is 11.5 Å². The van der Waals surface area contributed by atoms with E-state index in [0.717, 1.165) is 0 Å². The number of hydrogen-bond donors (Lipinski definition) is 4. The van der Waals surface area contributed by atoms with Gasteiger partial charge in [0, 0.05) is 20.6 Å². The molecule has 0 unspecified atom stereocenters. The minimum Gasteiger partial charge on any atom is -0.504 e. The molecule has 1 aliphatic heterocycles. The maximum atomic E-state index is 13.9. The summed E-state index contributed by atoms with van der Waals surface area (Å²) in [4.78, 5) is 11.2. The Hall–Kier alpha value is -2.72. The summed E-state index contributed by atoms with van der Waals surface area (Å²) in [6, 6.07) is 8.92. The number of hydrogen-bond acceptors (Lipinski definition) is 7. The van der Waals surface area contributed by atoms with Crippen LogP contribution in [0.15, 0.2) is 36.4 Å². The summed E-state index contributed by atoms with van der Waals surface area (Å²) in [7, 11) is 1.41. The molecule has 0 saturated carbocycles. The second-order valence-corrected chi connectivity index (χ2v) is 8.57. The maximum absolute atomic E-state index is 13.9. The standard InChI is InChI=1S/C24H30FNO7/c1-13(27)26-9-8-15-11-18(28)19(12-17(15)14-6-5-7-16(25)10-14)32-23-21(30)20(29)22(31-4)24(2,3)33-23/h5-7,10-12,20-23,28-30H,8-9H2,1-4H3,(H,26,27)/t20-,21+,22+,23+/m0/s1. The Balaban J connectivity index is 1.95. The number of ether oxygens (including phenoxy) is 3. The third-order valence-corrected chi connectivity index (χ3v) is 5.63. The SMILES string of the molecule is CO[C@@H]1[C@@H](O)[C@@H](O)[C@H](Oc2cc(-c3cccc(F)c3)c(CCNC(C)=O)cc2O)OC1(C)C. The van der Waals surface area contributed by atoms with Gasteiger partial charge in [-0.2, -0.15) is 0 Å². The van der Waals surface area contributed by atoms with Crippen LogP contribution in [0.4, 0.5) is 4.39 Å². The molecule has 8 nitrogen and oxygen atoms in total. The number of methoxy groups -OCH3 is 1. The third kappa shape index (κ3) is 5.62. The molecule has 4 N–H and O–H groups in total. The molecule has 4 atom stereocenters. The van der Waals surface area contributed by atoms with Crippen molar-refractivity contribution < 1.29 is 38.7 Å². The number of phenolic OH excluding ortho intramolecular Hbond substituents is 1. The van der Waals surface area contributed by atoms with Crippen LogP contribution in [0.25, 0.3) is 11.1 Å². The smallest absolute Gasteiger partial charge is 0.229 e. The highest BCUT2D eigenvalue weighted by Gasteiger charge is 2.50. The molecule has 3 rings (SSSR count). The van der Waals surface area contributed by atoms with Crippen molar-refractivity contribution in [3.8, 4) is 22.6 Å². The molecule has 1 fully saturated rings. The quantitative estimate of drug-likeness (QED) is 0.497. The van der Waals surface area contributed by atoms with Crippen molar-refractivity contribution in [1.82, 2.24) is 5.32 Å². The van der Waals surface area contributed by atoms with Crippen molar-refractivity contribution in [3.05, 3.63) is 47.8 Å². The predicted molar refractivity (Wildman–Crippen MR) is 118 cm³/mol. The van der Waals surface area contributed by atoms with Crippen LogP contribution in [0.1, 0.15) is 26.3 Å². The third-order valence-electron chi connectivity index (χ3n) is 5.63. The molecule has 2 aromatic rings. The number of carbonyl (C=O) groups excluding carboxylic acids is 1. The van der Waals surface area contributed by atoms with Gasteiger partial charge in [-0.1, -0.05) is 12.1 Å². The number of carbonyl (C=O) groups is 1. The van der Waals surface area contributed by atoms with Crippen molar-refractivity contribution in [1.29, 1.82) is 0 Å². The van der Waals surface area contributed by atoms with Crippen LogP contribution < -0.4 is 10.1 Å². The molecule has 0 spiro atoms. The average Bonchev–Trinajstić information content (AvgIpc) is 2.73. The largest absolute Gasteiger partial charge is 0.504 e. The Morgan fingerprint density at radius 1 is 1.21 bits per heavy atom. The highest BCUT2D eigenvalue weighted by Crippen LogP contribution is 2.39. The fourth-order valence-corrected chi connectivity index (χ4v) is 4.04. The molecule has 0 radical (unpaired) electrons. The molecular formula is C24H30FNO7. The number of aromatic hydroxyl groups is 1. The zero-order chi connectivity index (χ0) is 24.3. The van der Waals surface area contributed by atoms with E-state index in [1.165, 1.54) is 38.3 Å². The molecule has 1 aliphatic rings. The maximum Gasteiger partial charge on any atom is 0.229 e. The normalized spacial score (nSPS) is 24.3. The molecule has 0 aromatic heterocycles. The second kappa shape index (κ2) is 10.0. The van der Waals surface area contributed by atoms with Crippen LogP contribution in [-0.2, 0) is 20.7 Å². The molecule has 0 aliphatic carbocycles. The van der Waals surface area contributed by atoms with Crippen molar-refractivity contribution in [2.45, 2.75) is 57.4 Å². The van der Waals surface area contributed by atoms with Crippen molar-refractivity contribution in [2.75, 3.05) is 13.7 Å². The van der Waals surface area contributed by atoms with Gasteiger partial charge in [0.25, 0.3) is 0 Å². The van der Waals surface area contributed by atoms with Gasteiger partial charge in [-0.05, 0) is 61.2 Å². The van der Waals surface area contributed by atoms with E-state index in [4.69, 9.17) is 14.2 Å². The molecule has 0 bridgehead atoms. The number of benzene rings is 2. The second-order valence-electron chi connectivity index (χ2n) is 8.57. The average molecular weight is 464 g/mol. The molecule has 180 valence electrons. The number of rotatable bonds is 7. The first-order valence-electron chi connectivity index (χ1n) is 10.6. The molecule has 9 heteroatoms. The summed E-state index contributed by atoms with van der Waals surface area (Å²) in [5.41, 5.74) is 0.788. The Kier molecular flexibility index (Phi) is 7.58. The van der Waals surface area contributed by atoms with E-state index in [1.807, 2.05) is 0 Å². The van der Waals surface area contributed by atoms with E-state index in [1.54, 1.807) is 26.0 Å². The van der Waals surface area contributed by atoms with Gasteiger partial charge in [0.15, 0.2) is 11.5 Å². The summed E-state index contributed by atoms with van der Waals surface area (Å²) in [6.07, 6.45) is -4.44. The molecule has 33 heavy (non-hydrogen) atoms. The molecule has 1 heterocycles. The van der Waals surface area contributed by atoms with E-state index >= 15 is 0 Å². The van der Waals surface area contributed by atoms with Gasteiger partial charge < -0.3 is 34.8 Å². The number of halogens is 1. The first-order chi connectivity index (χ1) is 15.5. The van der Waals surface area contributed by atoms with Crippen LogP contribution in [0.2, 0.25) is 0 Å². The minimum atomic E-state index is -1.44. The van der Waals surface area contributed by atoms with Crippen molar-refractivity contribution in [3.63, 3.8) is 0 Å². The molecule has 2 aromatic carbocycles. The van der Waals surface area contributed by atoms with E-state index in [0.29, 0.717) is 29.7 Å². The molecule has 1 amide bonds. The highest BCUT2D eigenvalue weighted by atomic mass is 19.1. The van der Waals surface area contributed by atoms with E-state index < -0.39 is 36.0 Å². The van der Waals surface area contributed by atoms with Gasteiger partial charge in [-0.25, -0.2) is 4.39 Å². The summed E-state index contributed by atoms with van der Waals surface area (Å²) in [6.45, 7) is 5.10. The highest BCUT2D eigenvalue weighted by molar-refractivity contribution is 5.73. The lowest BCUT2D eigenvalue weighted by Crippen LogP contribution is -2.63. The van der Waals surface area contributed by atoms with Crippen molar-refractivity contribution >= 4 is 5.91 Å². The Bertz CT molecular complexity index is 997. The summed E-state index contributed by atoms with van der Waals surface area (Å²) >= 11 is 0. The molecular weight excluding hydrogens is 433 g/mol. The zero-order valence-electron chi connectivity index (χ0n) is 19.0. The van der Waals surface area contributed by atoms with Crippen LogP contribution in [0, 0.1) is 5.82 Å². The van der Waals surface area contributed by atoms with Gasteiger partial charge in [-0.15, -0.1) is 0 Å². The topological polar surface area (TPSA) is 117 Å². The monoisotopic (exact) mass is 463 g/mol. The van der Waals surface area contributed by atoms with Gasteiger partial charge in [-0.3, -0.25) is 4.79 Å². The number of amides is 1. The lowest BCUT2D eigenvalue weighted by molar-refractivity contribution is -0.306. The first-order valence-corrected chi connectivity index (χ1v) is 10.6. The number of nitrogens with one attached hydrogen (secondary N) is 1. The fraction of sp³-hybridized carbons (Fsp3) is 0.458.